The summed E-state index contributed by atoms with van der Waals surface area (Å²) in [6.45, 7) is 6.74. The van der Waals surface area contributed by atoms with Crippen LogP contribution in [0.3, 0.4) is 0 Å². The van der Waals surface area contributed by atoms with E-state index >= 15 is 4.11 Å². The van der Waals surface area contributed by atoms with Crippen molar-refractivity contribution in [2.45, 2.75) is 88.0 Å². The number of carbonyl (C=O) groups excluding carboxylic acids is 3. The number of ether oxygens (including phenoxy) is 1. The molecule has 3 fully saturated rings. The summed E-state index contributed by atoms with van der Waals surface area (Å²) < 4.78 is 22.8. The third-order valence-corrected chi connectivity index (χ3v) is 12.5. The Morgan fingerprint density at radius 3 is 2.57 bits per heavy atom. The summed E-state index contributed by atoms with van der Waals surface area (Å²) in [6, 6.07) is 14.6. The molecule has 44 heavy (non-hydrogen) atoms. The lowest BCUT2D eigenvalue weighted by Gasteiger charge is -2.31. The van der Waals surface area contributed by atoms with Gasteiger partial charge in [0, 0.05) is 29.3 Å². The SMILES string of the molecule is C[C@H]1[C@H]([Si](C)(C)F)[C@@H](CC(=O)N2CCC[C@H]2CO)O[C@]12C(=O)N(Cc1ccc(NC(=O)[C@H]3CCCN3)cc1)c1ccccc12. The van der Waals surface area contributed by atoms with E-state index in [-0.39, 0.29) is 49.4 Å². The first-order valence-electron chi connectivity index (χ1n) is 15.9. The largest absolute Gasteiger partial charge is 0.394 e. The van der Waals surface area contributed by atoms with E-state index in [0.29, 0.717) is 17.8 Å². The highest BCUT2D eigenvalue weighted by atomic mass is 28.4. The maximum atomic E-state index is 16.1. The average Bonchev–Trinajstić information content (AvgIpc) is 3.78. The molecule has 0 bridgehead atoms. The van der Waals surface area contributed by atoms with E-state index in [1.54, 1.807) is 22.9 Å². The minimum Gasteiger partial charge on any atom is -0.394 e. The number of anilines is 2. The van der Waals surface area contributed by atoms with Crippen LogP contribution in [-0.4, -0.2) is 74.0 Å². The molecule has 4 aliphatic rings. The molecule has 11 heteroatoms. The normalized spacial score (nSPS) is 29.9. The second kappa shape index (κ2) is 12.0. The lowest BCUT2D eigenvalue weighted by Crippen LogP contribution is -2.45. The Labute approximate surface area is 259 Å². The maximum Gasteiger partial charge on any atom is 0.264 e. The molecule has 236 valence electrons. The van der Waals surface area contributed by atoms with Gasteiger partial charge < -0.3 is 34.4 Å². The fraction of sp³-hybridized carbons (Fsp3) is 0.545. The zero-order valence-corrected chi connectivity index (χ0v) is 26.7. The van der Waals surface area contributed by atoms with Gasteiger partial charge in [-0.25, -0.2) is 0 Å². The number of benzene rings is 2. The van der Waals surface area contributed by atoms with Gasteiger partial charge >= 0.3 is 0 Å². The van der Waals surface area contributed by atoms with Crippen molar-refractivity contribution in [3.8, 4) is 0 Å². The van der Waals surface area contributed by atoms with Crippen molar-refractivity contribution in [1.29, 1.82) is 0 Å². The molecule has 2 aromatic carbocycles. The molecule has 0 unspecified atom stereocenters. The first-order valence-corrected chi connectivity index (χ1v) is 18.8. The monoisotopic (exact) mass is 622 g/mol. The highest BCUT2D eigenvalue weighted by Crippen LogP contribution is 2.60. The van der Waals surface area contributed by atoms with Crippen LogP contribution in [0.2, 0.25) is 18.6 Å². The molecule has 3 N–H and O–H groups in total. The van der Waals surface area contributed by atoms with Crippen molar-refractivity contribution < 1.29 is 28.3 Å². The minimum atomic E-state index is -3.41. The van der Waals surface area contributed by atoms with Gasteiger partial charge in [0.25, 0.3) is 5.91 Å². The molecule has 3 saturated heterocycles. The quantitative estimate of drug-likeness (QED) is 0.303. The number of carbonyl (C=O) groups is 3. The van der Waals surface area contributed by atoms with Crippen molar-refractivity contribution >= 4 is 37.5 Å². The molecule has 3 amide bonds. The van der Waals surface area contributed by atoms with Crippen molar-refractivity contribution in [2.24, 2.45) is 5.92 Å². The fourth-order valence-corrected chi connectivity index (χ4v) is 10.5. The number of likely N-dealkylation sites (tertiary alicyclic amines) is 1. The molecular formula is C33H43FN4O5Si. The Kier molecular flexibility index (Phi) is 8.42. The van der Waals surface area contributed by atoms with Crippen LogP contribution in [0.25, 0.3) is 0 Å². The van der Waals surface area contributed by atoms with Crippen LogP contribution >= 0.6 is 0 Å². The Bertz CT molecular complexity index is 1410. The first kappa shape index (κ1) is 30.9. The van der Waals surface area contributed by atoms with Gasteiger partial charge in [-0.15, -0.1) is 0 Å². The van der Waals surface area contributed by atoms with Crippen LogP contribution in [0.1, 0.15) is 50.2 Å². The summed E-state index contributed by atoms with van der Waals surface area (Å²) in [5, 5.41) is 15.9. The van der Waals surface area contributed by atoms with Crippen LogP contribution in [0, 0.1) is 5.92 Å². The summed E-state index contributed by atoms with van der Waals surface area (Å²) >= 11 is 0. The van der Waals surface area contributed by atoms with Crippen LogP contribution in [0.4, 0.5) is 15.5 Å². The van der Waals surface area contributed by atoms with Gasteiger partial charge in [-0.2, -0.15) is 0 Å². The van der Waals surface area contributed by atoms with Gasteiger partial charge in [-0.3, -0.25) is 14.4 Å². The highest BCUT2D eigenvalue weighted by Gasteiger charge is 2.67. The lowest BCUT2D eigenvalue weighted by atomic mass is 9.82. The molecule has 4 heterocycles. The van der Waals surface area contributed by atoms with E-state index in [2.05, 4.69) is 10.6 Å². The zero-order chi connectivity index (χ0) is 31.2. The molecular weight excluding hydrogens is 579 g/mol. The standard InChI is InChI=1S/C33H43FN4O5Si/c1-21-30(44(2,3)34)28(18-29(40)37-17-7-8-24(37)20-39)43-33(21)25-9-4-5-11-27(25)38(32(33)42)19-22-12-14-23(15-13-22)36-31(41)26-10-6-16-35-26/h4-5,9,11-15,21,24,26,28,30,35,39H,6-8,10,16-20H2,1-3H3,(H,36,41)/t21-,24-,26+,28+,30-,33+/m0/s1. The van der Waals surface area contributed by atoms with Gasteiger partial charge in [0.15, 0.2) is 5.60 Å². The van der Waals surface area contributed by atoms with Gasteiger partial charge in [0.2, 0.25) is 20.2 Å². The first-order chi connectivity index (χ1) is 21.0. The molecule has 9 nitrogen and oxygen atoms in total. The van der Waals surface area contributed by atoms with E-state index in [9.17, 15) is 19.5 Å². The number of nitrogens with one attached hydrogen (secondary N) is 2. The predicted molar refractivity (Wildman–Crippen MR) is 168 cm³/mol. The number of amides is 3. The summed E-state index contributed by atoms with van der Waals surface area (Å²) in [5.41, 5.74) is 1.02. The smallest absolute Gasteiger partial charge is 0.264 e. The number of para-hydroxylation sites is 1. The third kappa shape index (κ3) is 5.37. The maximum absolute atomic E-state index is 16.1. The van der Waals surface area contributed by atoms with Crippen LogP contribution in [0.15, 0.2) is 48.5 Å². The van der Waals surface area contributed by atoms with E-state index < -0.39 is 31.6 Å². The van der Waals surface area contributed by atoms with Gasteiger partial charge in [-0.1, -0.05) is 37.3 Å². The lowest BCUT2D eigenvalue weighted by molar-refractivity contribution is -0.150. The van der Waals surface area contributed by atoms with Crippen molar-refractivity contribution in [3.05, 3.63) is 59.7 Å². The number of nitrogens with zero attached hydrogens (tertiary/aromatic N) is 2. The molecule has 6 rings (SSSR count). The predicted octanol–water partition coefficient (Wildman–Crippen LogP) is 4.07. The number of rotatable bonds is 8. The van der Waals surface area contributed by atoms with Gasteiger partial charge in [0.05, 0.1) is 43.4 Å². The van der Waals surface area contributed by atoms with E-state index in [1.165, 1.54) is 0 Å². The summed E-state index contributed by atoms with van der Waals surface area (Å²) in [5.74, 6) is -0.944. The van der Waals surface area contributed by atoms with Crippen LogP contribution < -0.4 is 15.5 Å². The number of aliphatic hydroxyl groups excluding tert-OH is 1. The Balaban J connectivity index is 1.25. The number of aliphatic hydroxyl groups is 1. The summed E-state index contributed by atoms with van der Waals surface area (Å²) in [6.07, 6.45) is 2.60. The average molecular weight is 623 g/mol. The number of hydrogen-bond acceptors (Lipinski definition) is 6. The fourth-order valence-electron chi connectivity index (χ4n) is 8.02. The Morgan fingerprint density at radius 1 is 1.14 bits per heavy atom. The number of hydrogen-bond donors (Lipinski definition) is 3. The van der Waals surface area contributed by atoms with Gasteiger partial charge in [0.1, 0.15) is 0 Å². The van der Waals surface area contributed by atoms with Crippen molar-refractivity contribution in [1.82, 2.24) is 10.2 Å². The molecule has 2 aromatic rings. The highest BCUT2D eigenvalue weighted by molar-refractivity contribution is 6.72. The molecule has 0 aliphatic carbocycles. The van der Waals surface area contributed by atoms with E-state index in [0.717, 1.165) is 43.5 Å². The Hall–Kier alpha value is -3.12. The van der Waals surface area contributed by atoms with E-state index in [4.69, 9.17) is 4.74 Å². The summed E-state index contributed by atoms with van der Waals surface area (Å²) in [7, 11) is -3.41. The second-order valence-electron chi connectivity index (χ2n) is 13.3. The van der Waals surface area contributed by atoms with Crippen LogP contribution in [0.5, 0.6) is 0 Å². The molecule has 6 atom stereocenters. The minimum absolute atomic E-state index is 0.0212. The van der Waals surface area contributed by atoms with E-state index in [1.807, 2.05) is 55.5 Å². The molecule has 0 radical (unpaired) electrons. The van der Waals surface area contributed by atoms with Crippen molar-refractivity contribution in [3.63, 3.8) is 0 Å². The van der Waals surface area contributed by atoms with Crippen molar-refractivity contribution in [2.75, 3.05) is 29.9 Å². The molecule has 0 saturated carbocycles. The molecule has 1 spiro atoms. The Morgan fingerprint density at radius 2 is 1.89 bits per heavy atom. The topological polar surface area (TPSA) is 111 Å². The third-order valence-electron chi connectivity index (χ3n) is 10.1. The second-order valence-corrected chi connectivity index (χ2v) is 17.1. The number of fused-ring (bicyclic) bond motifs is 2. The molecule has 4 aliphatic heterocycles. The molecule has 0 aromatic heterocycles. The number of halogens is 1. The zero-order valence-electron chi connectivity index (χ0n) is 25.7. The van der Waals surface area contributed by atoms with Gasteiger partial charge in [-0.05, 0) is 69.1 Å². The summed E-state index contributed by atoms with van der Waals surface area (Å²) in [4.78, 5) is 43.9. The van der Waals surface area contributed by atoms with Crippen LogP contribution in [-0.2, 0) is 31.3 Å².